The average Bonchev–Trinajstić information content (AvgIpc) is 3.34. The van der Waals surface area contributed by atoms with Crippen LogP contribution in [0.1, 0.15) is 53.9 Å². The Morgan fingerprint density at radius 3 is 2.41 bits per heavy atom. The molecule has 0 amide bonds. The van der Waals surface area contributed by atoms with E-state index in [0.717, 1.165) is 5.56 Å². The van der Waals surface area contributed by atoms with Gasteiger partial charge in [0.2, 0.25) is 0 Å². The monoisotopic (exact) mass is 724 g/mol. The highest BCUT2D eigenvalue weighted by molar-refractivity contribution is 9.10. The van der Waals surface area contributed by atoms with Gasteiger partial charge in [0.15, 0.2) is 16.3 Å². The van der Waals surface area contributed by atoms with E-state index in [0.29, 0.717) is 59.3 Å². The van der Waals surface area contributed by atoms with E-state index in [1.165, 1.54) is 23.0 Å². The molecule has 0 unspecified atom stereocenters. The lowest BCUT2D eigenvalue weighted by Crippen LogP contribution is -2.40. The Kier molecular flexibility index (Phi) is 10.5. The Hall–Kier alpha value is -4.19. The summed E-state index contributed by atoms with van der Waals surface area (Å²) < 4.78 is 24.6. The fraction of sp³-hybridized carbons (Fsp3) is 0.235. The number of benzene rings is 3. The number of methoxy groups -OCH3 is 1. The average molecular weight is 726 g/mol. The fourth-order valence-electron chi connectivity index (χ4n) is 5.00. The number of allylic oxidation sites excluding steroid dienone is 1. The summed E-state index contributed by atoms with van der Waals surface area (Å²) in [4.78, 5) is 44.1. The van der Waals surface area contributed by atoms with E-state index in [2.05, 4.69) is 20.9 Å². The summed E-state index contributed by atoms with van der Waals surface area (Å²) in [5, 5.41) is 0.415. The van der Waals surface area contributed by atoms with Gasteiger partial charge in [0, 0.05) is 5.02 Å². The van der Waals surface area contributed by atoms with Crippen molar-refractivity contribution in [2.24, 2.45) is 4.99 Å². The molecule has 0 saturated heterocycles. The van der Waals surface area contributed by atoms with Crippen molar-refractivity contribution in [3.8, 4) is 11.5 Å². The number of hydrogen-bond acceptors (Lipinski definition) is 9. The number of aromatic nitrogens is 1. The number of nitrogens with zero attached hydrogens (tertiary/aromatic N) is 2. The highest BCUT2D eigenvalue weighted by atomic mass is 79.9. The third kappa shape index (κ3) is 6.81. The Morgan fingerprint density at radius 1 is 1.04 bits per heavy atom. The molecule has 46 heavy (non-hydrogen) atoms. The van der Waals surface area contributed by atoms with Gasteiger partial charge in [-0.3, -0.25) is 9.36 Å². The van der Waals surface area contributed by atoms with Crippen molar-refractivity contribution < 1.29 is 28.5 Å². The van der Waals surface area contributed by atoms with Crippen molar-refractivity contribution in [1.29, 1.82) is 0 Å². The molecule has 1 aromatic heterocycles. The molecule has 1 aliphatic heterocycles. The second-order valence-electron chi connectivity index (χ2n) is 10.1. The predicted molar refractivity (Wildman–Crippen MR) is 179 cm³/mol. The highest BCUT2D eigenvalue weighted by Crippen LogP contribution is 2.38. The normalized spacial score (nSPS) is 14.4. The van der Waals surface area contributed by atoms with Crippen LogP contribution in [0.4, 0.5) is 0 Å². The second kappa shape index (κ2) is 14.5. The van der Waals surface area contributed by atoms with E-state index in [4.69, 9.17) is 30.5 Å². The van der Waals surface area contributed by atoms with Gasteiger partial charge in [-0.25, -0.2) is 14.6 Å². The van der Waals surface area contributed by atoms with Crippen molar-refractivity contribution in [2.75, 3.05) is 20.3 Å². The van der Waals surface area contributed by atoms with Crippen LogP contribution in [0.2, 0.25) is 5.02 Å². The highest BCUT2D eigenvalue weighted by Gasteiger charge is 2.34. The molecule has 12 heteroatoms. The van der Waals surface area contributed by atoms with Crippen LogP contribution in [0.3, 0.4) is 0 Å². The van der Waals surface area contributed by atoms with Gasteiger partial charge in [-0.05, 0) is 89.8 Å². The van der Waals surface area contributed by atoms with E-state index in [9.17, 15) is 14.4 Å². The van der Waals surface area contributed by atoms with E-state index in [1.54, 1.807) is 81.4 Å². The van der Waals surface area contributed by atoms with Crippen molar-refractivity contribution in [2.45, 2.75) is 33.4 Å². The lowest BCUT2D eigenvalue weighted by Gasteiger charge is -2.25. The lowest BCUT2D eigenvalue weighted by molar-refractivity contribution is -0.139. The SMILES string of the molecule is CCOC(=O)C1=C(C)N=c2s/c(=C\c3cc(Br)c(OCc4ccc(C(=O)OCC)cc4)c(OC)c3)c(=O)n2[C@H]1c1ccccc1Cl. The molecular formula is C34H30BrClN2O7S. The van der Waals surface area contributed by atoms with Crippen LogP contribution in [0.5, 0.6) is 11.5 Å². The topological polar surface area (TPSA) is 105 Å². The van der Waals surface area contributed by atoms with Gasteiger partial charge in [-0.15, -0.1) is 0 Å². The molecule has 1 atom stereocenters. The molecular weight excluding hydrogens is 696 g/mol. The zero-order valence-electron chi connectivity index (χ0n) is 25.5. The van der Waals surface area contributed by atoms with Crippen molar-refractivity contribution in [1.82, 2.24) is 4.57 Å². The third-order valence-electron chi connectivity index (χ3n) is 7.11. The summed E-state index contributed by atoms with van der Waals surface area (Å²) in [6, 6.07) is 16.9. The molecule has 0 bridgehead atoms. The fourth-order valence-corrected chi connectivity index (χ4v) is 6.86. The summed E-state index contributed by atoms with van der Waals surface area (Å²) in [6.45, 7) is 5.91. The number of carbonyl (C=O) groups is 2. The van der Waals surface area contributed by atoms with E-state index in [1.807, 2.05) is 6.07 Å². The summed E-state index contributed by atoms with van der Waals surface area (Å²) in [7, 11) is 1.53. The number of hydrogen-bond donors (Lipinski definition) is 0. The second-order valence-corrected chi connectivity index (χ2v) is 12.3. The maximum absolute atomic E-state index is 14.0. The Bertz CT molecular complexity index is 2020. The molecule has 2 heterocycles. The quantitative estimate of drug-likeness (QED) is 0.185. The molecule has 1 aliphatic rings. The van der Waals surface area contributed by atoms with Crippen LogP contribution in [-0.4, -0.2) is 36.8 Å². The summed E-state index contributed by atoms with van der Waals surface area (Å²) in [6.07, 6.45) is 1.74. The molecule has 0 spiro atoms. The first-order valence-electron chi connectivity index (χ1n) is 14.4. The van der Waals surface area contributed by atoms with Crippen LogP contribution >= 0.6 is 38.9 Å². The smallest absolute Gasteiger partial charge is 0.338 e. The molecule has 9 nitrogen and oxygen atoms in total. The Morgan fingerprint density at radius 2 is 1.74 bits per heavy atom. The first-order valence-corrected chi connectivity index (χ1v) is 16.4. The molecule has 0 aliphatic carbocycles. The minimum atomic E-state index is -0.811. The Balaban J connectivity index is 1.50. The largest absolute Gasteiger partial charge is 0.493 e. The van der Waals surface area contributed by atoms with Crippen molar-refractivity contribution in [3.05, 3.63) is 123 Å². The molecule has 0 saturated carbocycles. The number of halogens is 2. The van der Waals surface area contributed by atoms with Crippen LogP contribution in [0, 0.1) is 0 Å². The first kappa shape index (κ1) is 33.2. The number of esters is 2. The van der Waals surface area contributed by atoms with Crippen LogP contribution in [0.25, 0.3) is 6.08 Å². The molecule has 0 radical (unpaired) electrons. The van der Waals surface area contributed by atoms with Gasteiger partial charge in [-0.2, -0.15) is 0 Å². The number of thiazole rings is 1. The van der Waals surface area contributed by atoms with Gasteiger partial charge >= 0.3 is 11.9 Å². The van der Waals surface area contributed by atoms with Crippen LogP contribution in [-0.2, 0) is 20.9 Å². The summed E-state index contributed by atoms with van der Waals surface area (Å²) in [5.41, 5.74) is 2.96. The number of fused-ring (bicyclic) bond motifs is 1. The van der Waals surface area contributed by atoms with E-state index < -0.39 is 12.0 Å². The van der Waals surface area contributed by atoms with Gasteiger partial charge < -0.3 is 18.9 Å². The summed E-state index contributed by atoms with van der Waals surface area (Å²) >= 11 is 11.4. The molecule has 3 aromatic carbocycles. The maximum Gasteiger partial charge on any atom is 0.338 e. The number of ether oxygens (including phenoxy) is 4. The molecule has 0 N–H and O–H groups in total. The van der Waals surface area contributed by atoms with Gasteiger partial charge in [0.1, 0.15) is 12.6 Å². The molecule has 238 valence electrons. The zero-order chi connectivity index (χ0) is 33.0. The third-order valence-corrected chi connectivity index (χ3v) is 9.03. The molecule has 4 aromatic rings. The van der Waals surface area contributed by atoms with Gasteiger partial charge in [0.05, 0.1) is 46.2 Å². The summed E-state index contributed by atoms with van der Waals surface area (Å²) in [5.74, 6) is -0.00609. The predicted octanol–water partition coefficient (Wildman–Crippen LogP) is 5.98. The van der Waals surface area contributed by atoms with Crippen molar-refractivity contribution in [3.63, 3.8) is 0 Å². The molecule has 0 fully saturated rings. The first-order chi connectivity index (χ1) is 22.2. The van der Waals surface area contributed by atoms with Crippen LogP contribution < -0.4 is 24.4 Å². The number of rotatable bonds is 10. The van der Waals surface area contributed by atoms with Gasteiger partial charge in [0.25, 0.3) is 5.56 Å². The van der Waals surface area contributed by atoms with E-state index >= 15 is 0 Å². The minimum absolute atomic E-state index is 0.174. The Labute approximate surface area is 282 Å². The zero-order valence-corrected chi connectivity index (χ0v) is 28.6. The van der Waals surface area contributed by atoms with E-state index in [-0.39, 0.29) is 30.3 Å². The standard InChI is InChI=1S/C34H30BrClN2O7S/c1-5-43-32(40)22-13-11-20(12-14-22)18-45-30-24(35)15-21(16-26(30)42-4)17-27-31(39)38-29(23-9-7-8-10-25(23)36)28(33(41)44-6-2)19(3)37-34(38)46-27/h7-17,29H,5-6,18H2,1-4H3/b27-17-/t29-/m0/s1. The number of carbonyl (C=O) groups excluding carboxylic acids is 2. The van der Waals surface area contributed by atoms with Crippen LogP contribution in [0.15, 0.2) is 86.2 Å². The van der Waals surface area contributed by atoms with Gasteiger partial charge in [-0.1, -0.05) is 53.3 Å². The minimum Gasteiger partial charge on any atom is -0.493 e. The maximum atomic E-state index is 14.0. The molecule has 5 rings (SSSR count). The van der Waals surface area contributed by atoms with Crippen molar-refractivity contribution >= 4 is 56.9 Å². The lowest BCUT2D eigenvalue weighted by atomic mass is 9.96.